The minimum atomic E-state index is 0.408. The van der Waals surface area contributed by atoms with E-state index in [4.69, 9.17) is 5.73 Å². The van der Waals surface area contributed by atoms with Crippen molar-refractivity contribution in [1.29, 1.82) is 0 Å². The van der Waals surface area contributed by atoms with Gasteiger partial charge in [0.05, 0.1) is 0 Å². The van der Waals surface area contributed by atoms with E-state index < -0.39 is 0 Å². The van der Waals surface area contributed by atoms with Crippen LogP contribution in [0.1, 0.15) is 25.7 Å². The van der Waals surface area contributed by atoms with E-state index in [9.17, 15) is 0 Å². The number of fused-ring (bicyclic) bond motifs is 1. The third-order valence-corrected chi connectivity index (χ3v) is 4.00. The second-order valence-corrected chi connectivity index (χ2v) is 4.77. The van der Waals surface area contributed by atoms with Gasteiger partial charge in [0.2, 0.25) is 0 Å². The number of nitrogens with zero attached hydrogens (tertiary/aromatic N) is 1. The van der Waals surface area contributed by atoms with Gasteiger partial charge in [0, 0.05) is 24.7 Å². The molecule has 0 radical (unpaired) electrons. The lowest BCUT2D eigenvalue weighted by Crippen LogP contribution is -2.40. The molecular weight excluding hydrogens is 172 g/mol. The van der Waals surface area contributed by atoms with Crippen molar-refractivity contribution in [1.82, 2.24) is 4.90 Å². The lowest BCUT2D eigenvalue weighted by Gasteiger charge is -2.37. The molecule has 2 atom stereocenters. The maximum Gasteiger partial charge on any atom is 0.0417 e. The van der Waals surface area contributed by atoms with E-state index in [1.807, 2.05) is 6.20 Å². The number of likely N-dealkylation sites (tertiary alicyclic amines) is 1. The van der Waals surface area contributed by atoms with Crippen molar-refractivity contribution < 1.29 is 0 Å². The van der Waals surface area contributed by atoms with Crippen LogP contribution in [0, 0.1) is 11.3 Å². The first-order chi connectivity index (χ1) is 6.80. The third kappa shape index (κ3) is 1.49. The summed E-state index contributed by atoms with van der Waals surface area (Å²) < 4.78 is 0. The summed E-state index contributed by atoms with van der Waals surface area (Å²) in [5.41, 5.74) is 9.24. The average molecular weight is 192 g/mol. The number of nitrogens with two attached hydrogens (primary N) is 1. The molecule has 1 saturated heterocycles. The van der Waals surface area contributed by atoms with Crippen LogP contribution in [0.3, 0.4) is 0 Å². The molecule has 14 heavy (non-hydrogen) atoms. The summed E-state index contributed by atoms with van der Waals surface area (Å²) in [6.45, 7) is 6.77. The lowest BCUT2D eigenvalue weighted by molar-refractivity contribution is 0.157. The Morgan fingerprint density at radius 3 is 3.07 bits per heavy atom. The molecule has 1 aliphatic heterocycles. The standard InChI is InChI=1S/C12H20N2/c1-2-7-14-8-11-5-3-4-6-12(11,9-13)10-14/h7,11H,1,3-6,8-10,13H2. The molecule has 0 aromatic heterocycles. The molecule has 78 valence electrons. The van der Waals surface area contributed by atoms with E-state index in [2.05, 4.69) is 17.2 Å². The van der Waals surface area contributed by atoms with Crippen molar-refractivity contribution in [3.05, 3.63) is 18.5 Å². The van der Waals surface area contributed by atoms with E-state index in [0.717, 1.165) is 19.0 Å². The molecular formula is C12H20N2. The maximum absolute atomic E-state index is 5.96. The fourth-order valence-electron chi connectivity index (χ4n) is 3.18. The molecule has 0 aromatic carbocycles. The van der Waals surface area contributed by atoms with Gasteiger partial charge in [0.15, 0.2) is 0 Å². The highest BCUT2D eigenvalue weighted by Crippen LogP contribution is 2.45. The van der Waals surface area contributed by atoms with Crippen molar-refractivity contribution in [2.45, 2.75) is 25.7 Å². The molecule has 0 bridgehead atoms. The summed E-state index contributed by atoms with van der Waals surface area (Å²) in [6, 6.07) is 0. The zero-order valence-electron chi connectivity index (χ0n) is 8.84. The SMILES string of the molecule is C=C=CN1CC2CCCCC2(CN)C1. The predicted octanol–water partition coefficient (Wildman–Crippen LogP) is 1.74. The Labute approximate surface area is 86.5 Å². The Morgan fingerprint density at radius 1 is 1.57 bits per heavy atom. The van der Waals surface area contributed by atoms with E-state index in [0.29, 0.717) is 5.41 Å². The molecule has 2 unspecified atom stereocenters. The summed E-state index contributed by atoms with van der Waals surface area (Å²) in [6.07, 6.45) is 7.42. The second kappa shape index (κ2) is 3.80. The first-order valence-corrected chi connectivity index (χ1v) is 5.61. The van der Waals surface area contributed by atoms with Gasteiger partial charge in [-0.05, 0) is 25.3 Å². The zero-order valence-corrected chi connectivity index (χ0v) is 8.84. The quantitative estimate of drug-likeness (QED) is 0.675. The van der Waals surface area contributed by atoms with Crippen LogP contribution in [0.15, 0.2) is 18.5 Å². The highest BCUT2D eigenvalue weighted by molar-refractivity contribution is 5.02. The van der Waals surface area contributed by atoms with Crippen LogP contribution < -0.4 is 5.73 Å². The molecule has 1 aliphatic carbocycles. The molecule has 2 rings (SSSR count). The molecule has 1 saturated carbocycles. The fraction of sp³-hybridized carbons (Fsp3) is 0.750. The summed E-state index contributed by atoms with van der Waals surface area (Å²) in [5.74, 6) is 0.811. The van der Waals surface area contributed by atoms with E-state index >= 15 is 0 Å². The van der Waals surface area contributed by atoms with Gasteiger partial charge < -0.3 is 10.6 Å². The van der Waals surface area contributed by atoms with E-state index in [1.165, 1.54) is 32.2 Å². The summed E-state index contributed by atoms with van der Waals surface area (Å²) in [5, 5.41) is 0. The van der Waals surface area contributed by atoms with E-state index in [1.54, 1.807) is 0 Å². The van der Waals surface area contributed by atoms with Gasteiger partial charge in [-0.15, -0.1) is 5.73 Å². The van der Waals surface area contributed by atoms with Crippen LogP contribution in [0.5, 0.6) is 0 Å². The van der Waals surface area contributed by atoms with Crippen LogP contribution in [-0.2, 0) is 0 Å². The molecule has 2 aliphatic rings. The average Bonchev–Trinajstić information content (AvgIpc) is 2.57. The number of rotatable bonds is 2. The van der Waals surface area contributed by atoms with Crippen LogP contribution in [0.2, 0.25) is 0 Å². The van der Waals surface area contributed by atoms with Gasteiger partial charge in [-0.1, -0.05) is 19.4 Å². The van der Waals surface area contributed by atoms with Crippen molar-refractivity contribution in [2.24, 2.45) is 17.1 Å². The Balaban J connectivity index is 2.14. The molecule has 2 N–H and O–H groups in total. The molecule has 0 spiro atoms. The van der Waals surface area contributed by atoms with Gasteiger partial charge in [-0.25, -0.2) is 0 Å². The monoisotopic (exact) mass is 192 g/mol. The van der Waals surface area contributed by atoms with Crippen molar-refractivity contribution >= 4 is 0 Å². The van der Waals surface area contributed by atoms with Crippen molar-refractivity contribution in [3.63, 3.8) is 0 Å². The first-order valence-electron chi connectivity index (χ1n) is 5.61. The highest BCUT2D eigenvalue weighted by atomic mass is 15.2. The predicted molar refractivity (Wildman–Crippen MR) is 58.7 cm³/mol. The van der Waals surface area contributed by atoms with Crippen LogP contribution in [-0.4, -0.2) is 24.5 Å². The van der Waals surface area contributed by atoms with Gasteiger partial charge in [-0.2, -0.15) is 0 Å². The minimum absolute atomic E-state index is 0.408. The molecule has 0 amide bonds. The molecule has 1 heterocycles. The molecule has 2 fully saturated rings. The van der Waals surface area contributed by atoms with Crippen LogP contribution >= 0.6 is 0 Å². The van der Waals surface area contributed by atoms with Gasteiger partial charge >= 0.3 is 0 Å². The Hall–Kier alpha value is -0.720. The van der Waals surface area contributed by atoms with Crippen LogP contribution in [0.4, 0.5) is 0 Å². The smallest absolute Gasteiger partial charge is 0.0417 e. The maximum atomic E-state index is 5.96. The number of hydrogen-bond donors (Lipinski definition) is 1. The first kappa shape index (κ1) is 9.82. The minimum Gasteiger partial charge on any atom is -0.370 e. The van der Waals surface area contributed by atoms with Gasteiger partial charge in [-0.3, -0.25) is 0 Å². The largest absolute Gasteiger partial charge is 0.370 e. The molecule has 2 heteroatoms. The second-order valence-electron chi connectivity index (χ2n) is 4.77. The molecule has 2 nitrogen and oxygen atoms in total. The van der Waals surface area contributed by atoms with Gasteiger partial charge in [0.25, 0.3) is 0 Å². The fourth-order valence-corrected chi connectivity index (χ4v) is 3.18. The Bertz CT molecular complexity index is 255. The Morgan fingerprint density at radius 2 is 2.43 bits per heavy atom. The highest BCUT2D eigenvalue weighted by Gasteiger charge is 2.45. The summed E-state index contributed by atoms with van der Waals surface area (Å²) in [4.78, 5) is 2.34. The van der Waals surface area contributed by atoms with Crippen molar-refractivity contribution in [3.8, 4) is 0 Å². The normalized spacial score (nSPS) is 36.4. The lowest BCUT2D eigenvalue weighted by atomic mass is 9.68. The molecule has 0 aromatic rings. The van der Waals surface area contributed by atoms with Gasteiger partial charge in [0.1, 0.15) is 0 Å². The topological polar surface area (TPSA) is 29.3 Å². The number of hydrogen-bond acceptors (Lipinski definition) is 2. The van der Waals surface area contributed by atoms with Crippen molar-refractivity contribution in [2.75, 3.05) is 19.6 Å². The van der Waals surface area contributed by atoms with E-state index in [-0.39, 0.29) is 0 Å². The zero-order chi connectivity index (χ0) is 10.0. The third-order valence-electron chi connectivity index (χ3n) is 4.00. The van der Waals surface area contributed by atoms with Crippen LogP contribution in [0.25, 0.3) is 0 Å². The summed E-state index contributed by atoms with van der Waals surface area (Å²) in [7, 11) is 0. The Kier molecular flexibility index (Phi) is 2.66. The summed E-state index contributed by atoms with van der Waals surface area (Å²) >= 11 is 0.